The number of allylic oxidation sites excluding steroid dienone is 2. The molecule has 11 nitrogen and oxygen atoms in total. The van der Waals surface area contributed by atoms with Crippen LogP contribution in [0.5, 0.6) is 0 Å². The van der Waals surface area contributed by atoms with Gasteiger partial charge in [0, 0.05) is 56.6 Å². The number of carbonyl (C=O) groups is 2. The van der Waals surface area contributed by atoms with E-state index in [1.54, 1.807) is 17.4 Å². The maximum atomic E-state index is 12.9. The SMILES string of the molecule is Cn1cncc1C(NC(=O)NC(C)(C)C)C1=CC2=CC=CNC2Cc2ccc(Cl)cc21.O=C(OC1CCOCC1)N1CCNCC1. The van der Waals surface area contributed by atoms with E-state index in [-0.39, 0.29) is 29.8 Å². The van der Waals surface area contributed by atoms with Crippen molar-refractivity contribution >= 4 is 29.3 Å². The van der Waals surface area contributed by atoms with E-state index in [1.165, 1.54) is 5.56 Å². The highest BCUT2D eigenvalue weighted by molar-refractivity contribution is 6.30. The molecule has 1 aromatic heterocycles. The van der Waals surface area contributed by atoms with Gasteiger partial charge in [-0.05, 0) is 73.9 Å². The molecular formula is C34H46ClN7O4. The number of aromatic nitrogens is 2. The van der Waals surface area contributed by atoms with Crippen LogP contribution in [0.25, 0.3) is 5.57 Å². The smallest absolute Gasteiger partial charge is 0.410 e. The Labute approximate surface area is 276 Å². The van der Waals surface area contributed by atoms with Gasteiger partial charge in [-0.25, -0.2) is 14.6 Å². The van der Waals surface area contributed by atoms with E-state index in [4.69, 9.17) is 21.1 Å². The fourth-order valence-electron chi connectivity index (χ4n) is 5.90. The molecule has 46 heavy (non-hydrogen) atoms. The van der Waals surface area contributed by atoms with Gasteiger partial charge in [0.25, 0.3) is 0 Å². The summed E-state index contributed by atoms with van der Waals surface area (Å²) in [6.07, 6.45) is 14.2. The van der Waals surface area contributed by atoms with Gasteiger partial charge < -0.3 is 40.2 Å². The van der Waals surface area contributed by atoms with Crippen LogP contribution in [0.3, 0.4) is 0 Å². The number of hydrogen-bond donors (Lipinski definition) is 4. The second-order valence-corrected chi connectivity index (χ2v) is 13.4. The molecule has 2 fully saturated rings. The van der Waals surface area contributed by atoms with Gasteiger partial charge in [-0.1, -0.05) is 29.8 Å². The molecule has 2 unspecified atom stereocenters. The Balaban J connectivity index is 0.000000232. The van der Waals surface area contributed by atoms with Crippen molar-refractivity contribution in [2.45, 2.75) is 63.8 Å². The minimum Gasteiger partial charge on any atom is -0.446 e. The zero-order valence-corrected chi connectivity index (χ0v) is 27.9. The van der Waals surface area contributed by atoms with Crippen LogP contribution in [-0.4, -0.2) is 83.7 Å². The monoisotopic (exact) mass is 651 g/mol. The van der Waals surface area contributed by atoms with Crippen molar-refractivity contribution in [3.8, 4) is 0 Å². The average molecular weight is 652 g/mol. The number of imidazole rings is 1. The molecule has 0 radical (unpaired) electrons. The molecule has 2 saturated heterocycles. The normalized spacial score (nSPS) is 20.3. The highest BCUT2D eigenvalue weighted by atomic mass is 35.5. The molecule has 0 bridgehead atoms. The Morgan fingerprint density at radius 2 is 1.93 bits per heavy atom. The number of piperazine rings is 1. The lowest BCUT2D eigenvalue weighted by Gasteiger charge is -2.30. The summed E-state index contributed by atoms with van der Waals surface area (Å²) in [5.74, 6) is 0. The molecule has 0 saturated carbocycles. The quantitative estimate of drug-likeness (QED) is 0.385. The summed E-state index contributed by atoms with van der Waals surface area (Å²) in [4.78, 5) is 30.7. The van der Waals surface area contributed by atoms with Crippen LogP contribution in [0.4, 0.5) is 9.59 Å². The number of carbonyl (C=O) groups excluding carboxylic acids is 2. The summed E-state index contributed by atoms with van der Waals surface area (Å²) >= 11 is 6.41. The van der Waals surface area contributed by atoms with Crippen molar-refractivity contribution in [3.05, 3.63) is 82.6 Å². The number of aryl methyl sites for hydroxylation is 1. The summed E-state index contributed by atoms with van der Waals surface area (Å²) in [6.45, 7) is 10.5. The number of nitrogens with one attached hydrogen (secondary N) is 4. The van der Waals surface area contributed by atoms with E-state index in [9.17, 15) is 9.59 Å². The summed E-state index contributed by atoms with van der Waals surface area (Å²) in [6, 6.07) is 5.50. The van der Waals surface area contributed by atoms with Gasteiger partial charge in [0.15, 0.2) is 0 Å². The number of hydrogen-bond acceptors (Lipinski definition) is 7. The van der Waals surface area contributed by atoms with Crippen molar-refractivity contribution in [1.29, 1.82) is 0 Å². The molecule has 4 aliphatic rings. The summed E-state index contributed by atoms with van der Waals surface area (Å²) in [7, 11) is 1.93. The molecule has 4 N–H and O–H groups in total. The number of dihydropyridines is 1. The van der Waals surface area contributed by atoms with E-state index in [0.29, 0.717) is 18.2 Å². The molecule has 2 atom stereocenters. The maximum absolute atomic E-state index is 12.9. The molecular weight excluding hydrogens is 606 g/mol. The Hall–Kier alpha value is -3.80. The third-order valence-corrected chi connectivity index (χ3v) is 8.48. The van der Waals surface area contributed by atoms with Gasteiger partial charge in [0.05, 0.1) is 43.5 Å². The highest BCUT2D eigenvalue weighted by Crippen LogP contribution is 2.38. The third-order valence-electron chi connectivity index (χ3n) is 8.25. The molecule has 3 aliphatic heterocycles. The molecule has 0 spiro atoms. The van der Waals surface area contributed by atoms with Crippen LogP contribution < -0.4 is 21.3 Å². The van der Waals surface area contributed by atoms with Crippen molar-refractivity contribution in [1.82, 2.24) is 35.7 Å². The molecule has 1 aromatic carbocycles. The van der Waals surface area contributed by atoms with E-state index in [2.05, 4.69) is 44.5 Å². The predicted molar refractivity (Wildman–Crippen MR) is 179 cm³/mol. The molecule has 248 valence electrons. The fourth-order valence-corrected chi connectivity index (χ4v) is 6.08. The average Bonchev–Trinajstić information content (AvgIpc) is 3.38. The minimum absolute atomic E-state index is 0.0566. The second kappa shape index (κ2) is 15.2. The van der Waals surface area contributed by atoms with E-state index < -0.39 is 6.04 Å². The van der Waals surface area contributed by atoms with Crippen molar-refractivity contribution < 1.29 is 19.1 Å². The lowest BCUT2D eigenvalue weighted by Crippen LogP contribution is -2.47. The topological polar surface area (TPSA) is 122 Å². The molecule has 4 heterocycles. The Morgan fingerprint density at radius 3 is 2.63 bits per heavy atom. The lowest BCUT2D eigenvalue weighted by atomic mass is 9.92. The highest BCUT2D eigenvalue weighted by Gasteiger charge is 2.30. The van der Waals surface area contributed by atoms with Gasteiger partial charge in [-0.2, -0.15) is 0 Å². The van der Waals surface area contributed by atoms with Crippen LogP contribution in [0, 0.1) is 0 Å². The van der Waals surface area contributed by atoms with Crippen molar-refractivity contribution in [2.24, 2.45) is 7.05 Å². The van der Waals surface area contributed by atoms with E-state index in [0.717, 1.165) is 67.8 Å². The Kier molecular flexibility index (Phi) is 11.1. The summed E-state index contributed by atoms with van der Waals surface area (Å²) in [5.41, 5.74) is 4.89. The first-order chi connectivity index (χ1) is 22.1. The number of ether oxygens (including phenoxy) is 2. The van der Waals surface area contributed by atoms with Crippen molar-refractivity contribution in [3.63, 3.8) is 0 Å². The molecule has 12 heteroatoms. The number of nitrogens with zero attached hydrogens (tertiary/aromatic N) is 3. The van der Waals surface area contributed by atoms with Gasteiger partial charge in [0.1, 0.15) is 6.10 Å². The summed E-state index contributed by atoms with van der Waals surface area (Å²) in [5, 5.41) is 13.5. The number of halogens is 1. The van der Waals surface area contributed by atoms with Crippen LogP contribution in [0.15, 0.2) is 60.7 Å². The number of amides is 3. The first kappa shape index (κ1) is 33.6. The van der Waals surface area contributed by atoms with Gasteiger partial charge in [-0.15, -0.1) is 0 Å². The van der Waals surface area contributed by atoms with Crippen molar-refractivity contribution in [2.75, 3.05) is 39.4 Å². The van der Waals surface area contributed by atoms with Crippen LogP contribution in [-0.2, 0) is 22.9 Å². The second-order valence-electron chi connectivity index (χ2n) is 13.0. The molecule has 1 aliphatic carbocycles. The Bertz CT molecular complexity index is 1470. The molecule has 3 amide bonds. The van der Waals surface area contributed by atoms with Crippen LogP contribution >= 0.6 is 11.6 Å². The zero-order chi connectivity index (χ0) is 32.7. The number of fused-ring (bicyclic) bond motifs is 2. The number of rotatable bonds is 4. The maximum Gasteiger partial charge on any atom is 0.410 e. The first-order valence-corrected chi connectivity index (χ1v) is 16.4. The van der Waals surface area contributed by atoms with E-state index >= 15 is 0 Å². The zero-order valence-electron chi connectivity index (χ0n) is 27.1. The number of urea groups is 1. The van der Waals surface area contributed by atoms with E-state index in [1.807, 2.05) is 56.8 Å². The number of benzene rings is 1. The molecule has 6 rings (SSSR count). The molecule has 2 aromatic rings. The third kappa shape index (κ3) is 8.92. The van der Waals surface area contributed by atoms with Gasteiger partial charge in [-0.3, -0.25) is 0 Å². The first-order valence-electron chi connectivity index (χ1n) is 16.0. The Morgan fingerprint density at radius 1 is 1.17 bits per heavy atom. The summed E-state index contributed by atoms with van der Waals surface area (Å²) < 4.78 is 12.6. The largest absolute Gasteiger partial charge is 0.446 e. The minimum atomic E-state index is -0.405. The van der Waals surface area contributed by atoms with Gasteiger partial charge >= 0.3 is 12.1 Å². The standard InChI is InChI=1S/C24H28ClN5O.C10H18N2O3/c1-24(2,3)29-23(31)28-22(21-13-26-14-30(21)4)19-10-16-6-5-9-27-20(16)11-15-7-8-17(25)12-18(15)19;13-10(12-5-3-11-4-6-12)15-9-1-7-14-8-2-9/h5-10,12-14,20,22,27H,11H2,1-4H3,(H2,28,29,31);9,11H,1-8H2. The lowest BCUT2D eigenvalue weighted by molar-refractivity contribution is -0.0111. The van der Waals surface area contributed by atoms with Crippen LogP contribution in [0.2, 0.25) is 5.02 Å². The fraction of sp³-hybridized carbons (Fsp3) is 0.500. The van der Waals surface area contributed by atoms with Gasteiger partial charge in [0.2, 0.25) is 0 Å². The van der Waals surface area contributed by atoms with Crippen LogP contribution in [0.1, 0.15) is 56.5 Å². The predicted octanol–water partition coefficient (Wildman–Crippen LogP) is 4.47.